The lowest BCUT2D eigenvalue weighted by molar-refractivity contribution is 0.363. The largest absolute Gasteiger partial charge is 0.490 e. The molecule has 13 heavy (non-hydrogen) atoms. The molecule has 1 aromatic carbocycles. The Morgan fingerprint density at radius 1 is 1.54 bits per heavy atom. The molecule has 0 aromatic heterocycles. The van der Waals surface area contributed by atoms with Gasteiger partial charge in [0.15, 0.2) is 0 Å². The number of ether oxygens (including phenoxy) is 1. The van der Waals surface area contributed by atoms with E-state index in [4.69, 9.17) is 4.74 Å². The fraction of sp³-hybridized carbons (Fsp3) is 0.273. The van der Waals surface area contributed by atoms with E-state index >= 15 is 0 Å². The summed E-state index contributed by atoms with van der Waals surface area (Å²) in [5, 5.41) is 3.09. The molecule has 0 heterocycles. The Labute approximate surface area is 79.2 Å². The maximum absolute atomic E-state index is 5.40. The molecule has 0 aliphatic heterocycles. The van der Waals surface area contributed by atoms with E-state index in [2.05, 4.69) is 18.0 Å². The Morgan fingerprint density at radius 2 is 2.38 bits per heavy atom. The average molecular weight is 177 g/mol. The lowest BCUT2D eigenvalue weighted by Gasteiger charge is -2.05. The van der Waals surface area contributed by atoms with Crippen LogP contribution in [0.5, 0.6) is 5.75 Å². The third-order valence-corrected chi connectivity index (χ3v) is 1.65. The van der Waals surface area contributed by atoms with Crippen LogP contribution in [0.4, 0.5) is 0 Å². The van der Waals surface area contributed by atoms with Crippen LogP contribution in [-0.2, 0) is 6.54 Å². The number of rotatable bonds is 5. The zero-order valence-electron chi connectivity index (χ0n) is 7.92. The Kier molecular flexibility index (Phi) is 4.06. The third kappa shape index (κ3) is 3.30. The summed E-state index contributed by atoms with van der Waals surface area (Å²) in [5.74, 6) is 0.896. The minimum atomic E-state index is 0.559. The van der Waals surface area contributed by atoms with Crippen molar-refractivity contribution in [1.29, 1.82) is 0 Å². The van der Waals surface area contributed by atoms with Gasteiger partial charge < -0.3 is 10.1 Å². The molecule has 0 amide bonds. The molecular weight excluding hydrogens is 162 g/mol. The van der Waals surface area contributed by atoms with E-state index in [9.17, 15) is 0 Å². The Bertz CT molecular complexity index is 271. The van der Waals surface area contributed by atoms with Gasteiger partial charge in [0.1, 0.15) is 12.4 Å². The number of benzene rings is 1. The lowest BCUT2D eigenvalue weighted by atomic mass is 10.2. The monoisotopic (exact) mass is 177 g/mol. The molecule has 0 spiro atoms. The van der Waals surface area contributed by atoms with E-state index < -0.39 is 0 Å². The number of hydrogen-bond acceptors (Lipinski definition) is 2. The molecule has 1 N–H and O–H groups in total. The van der Waals surface area contributed by atoms with Crippen molar-refractivity contribution in [3.05, 3.63) is 42.5 Å². The maximum Gasteiger partial charge on any atom is 0.120 e. The lowest BCUT2D eigenvalue weighted by Crippen LogP contribution is -2.05. The van der Waals surface area contributed by atoms with Crippen LogP contribution in [0.2, 0.25) is 0 Å². The van der Waals surface area contributed by atoms with E-state index in [1.165, 1.54) is 5.56 Å². The Hall–Kier alpha value is -1.28. The molecule has 70 valence electrons. The van der Waals surface area contributed by atoms with Gasteiger partial charge in [-0.2, -0.15) is 0 Å². The second-order valence-corrected chi connectivity index (χ2v) is 2.78. The van der Waals surface area contributed by atoms with E-state index in [1.54, 1.807) is 6.08 Å². The molecule has 1 rings (SSSR count). The summed E-state index contributed by atoms with van der Waals surface area (Å²) in [6.07, 6.45) is 1.74. The van der Waals surface area contributed by atoms with Crippen LogP contribution in [0.15, 0.2) is 36.9 Å². The van der Waals surface area contributed by atoms with Gasteiger partial charge in [-0.1, -0.05) is 24.8 Å². The minimum Gasteiger partial charge on any atom is -0.490 e. The third-order valence-electron chi connectivity index (χ3n) is 1.65. The van der Waals surface area contributed by atoms with Crippen LogP contribution in [-0.4, -0.2) is 13.7 Å². The van der Waals surface area contributed by atoms with Crippen LogP contribution in [0.1, 0.15) is 5.56 Å². The summed E-state index contributed by atoms with van der Waals surface area (Å²) < 4.78 is 5.40. The van der Waals surface area contributed by atoms with Gasteiger partial charge in [0.2, 0.25) is 0 Å². The predicted octanol–water partition coefficient (Wildman–Crippen LogP) is 1.97. The van der Waals surface area contributed by atoms with Crippen molar-refractivity contribution in [2.75, 3.05) is 13.7 Å². The summed E-state index contributed by atoms with van der Waals surface area (Å²) in [4.78, 5) is 0. The zero-order chi connectivity index (χ0) is 9.52. The van der Waals surface area contributed by atoms with E-state index in [1.807, 2.05) is 25.2 Å². The summed E-state index contributed by atoms with van der Waals surface area (Å²) in [7, 11) is 1.93. The first kappa shape index (κ1) is 9.81. The quantitative estimate of drug-likeness (QED) is 0.694. The fourth-order valence-electron chi connectivity index (χ4n) is 1.10. The SMILES string of the molecule is C=CCOc1cccc(CNC)c1. The topological polar surface area (TPSA) is 21.3 Å². The predicted molar refractivity (Wildman–Crippen MR) is 54.9 cm³/mol. The highest BCUT2D eigenvalue weighted by molar-refractivity contribution is 5.28. The molecular formula is C11H15NO. The van der Waals surface area contributed by atoms with Crippen molar-refractivity contribution in [1.82, 2.24) is 5.32 Å². The van der Waals surface area contributed by atoms with Gasteiger partial charge in [-0.25, -0.2) is 0 Å². The van der Waals surface area contributed by atoms with Crippen molar-refractivity contribution < 1.29 is 4.74 Å². The summed E-state index contributed by atoms with van der Waals surface area (Å²) in [5.41, 5.74) is 1.23. The van der Waals surface area contributed by atoms with Crippen LogP contribution < -0.4 is 10.1 Å². The van der Waals surface area contributed by atoms with Gasteiger partial charge in [-0.05, 0) is 24.7 Å². The van der Waals surface area contributed by atoms with Crippen LogP contribution in [0.3, 0.4) is 0 Å². The first-order valence-corrected chi connectivity index (χ1v) is 4.34. The molecule has 0 aliphatic rings. The summed E-state index contributed by atoms with van der Waals surface area (Å²) in [6, 6.07) is 8.03. The van der Waals surface area contributed by atoms with Crippen molar-refractivity contribution in [2.45, 2.75) is 6.54 Å². The van der Waals surface area contributed by atoms with Crippen molar-refractivity contribution >= 4 is 0 Å². The molecule has 0 saturated carbocycles. The van der Waals surface area contributed by atoms with Gasteiger partial charge in [0, 0.05) is 6.54 Å². The highest BCUT2D eigenvalue weighted by Crippen LogP contribution is 2.12. The van der Waals surface area contributed by atoms with Crippen molar-refractivity contribution in [2.24, 2.45) is 0 Å². The molecule has 0 saturated heterocycles. The number of nitrogens with one attached hydrogen (secondary N) is 1. The van der Waals surface area contributed by atoms with Gasteiger partial charge in [0.25, 0.3) is 0 Å². The minimum absolute atomic E-state index is 0.559. The van der Waals surface area contributed by atoms with Gasteiger partial charge in [-0.3, -0.25) is 0 Å². The van der Waals surface area contributed by atoms with Crippen molar-refractivity contribution in [3.63, 3.8) is 0 Å². The second kappa shape index (κ2) is 5.38. The second-order valence-electron chi connectivity index (χ2n) is 2.78. The standard InChI is InChI=1S/C11H15NO/c1-3-7-13-11-6-4-5-10(8-11)9-12-2/h3-6,8,12H,1,7,9H2,2H3. The Morgan fingerprint density at radius 3 is 3.08 bits per heavy atom. The molecule has 0 atom stereocenters. The van der Waals surface area contributed by atoms with Crippen molar-refractivity contribution in [3.8, 4) is 5.75 Å². The smallest absolute Gasteiger partial charge is 0.120 e. The van der Waals surface area contributed by atoms with Crippen LogP contribution >= 0.6 is 0 Å². The highest BCUT2D eigenvalue weighted by Gasteiger charge is 1.94. The van der Waals surface area contributed by atoms with Gasteiger partial charge in [-0.15, -0.1) is 0 Å². The molecule has 2 nitrogen and oxygen atoms in total. The first-order valence-electron chi connectivity index (χ1n) is 4.34. The van der Waals surface area contributed by atoms with Crippen LogP contribution in [0.25, 0.3) is 0 Å². The maximum atomic E-state index is 5.40. The zero-order valence-corrected chi connectivity index (χ0v) is 7.92. The summed E-state index contributed by atoms with van der Waals surface area (Å²) in [6.45, 7) is 5.02. The van der Waals surface area contributed by atoms with E-state index in [-0.39, 0.29) is 0 Å². The normalized spacial score (nSPS) is 9.62. The molecule has 0 radical (unpaired) electrons. The van der Waals surface area contributed by atoms with Crippen LogP contribution in [0, 0.1) is 0 Å². The Balaban J connectivity index is 2.61. The highest BCUT2D eigenvalue weighted by atomic mass is 16.5. The molecule has 0 fully saturated rings. The van der Waals surface area contributed by atoms with E-state index in [0.717, 1.165) is 12.3 Å². The number of hydrogen-bond donors (Lipinski definition) is 1. The molecule has 0 aliphatic carbocycles. The summed E-state index contributed by atoms with van der Waals surface area (Å²) >= 11 is 0. The molecule has 0 bridgehead atoms. The van der Waals surface area contributed by atoms with Gasteiger partial charge in [0.05, 0.1) is 0 Å². The van der Waals surface area contributed by atoms with E-state index in [0.29, 0.717) is 6.61 Å². The van der Waals surface area contributed by atoms with Gasteiger partial charge >= 0.3 is 0 Å². The fourth-order valence-corrected chi connectivity index (χ4v) is 1.10. The molecule has 1 aromatic rings. The average Bonchev–Trinajstić information content (AvgIpc) is 2.16. The first-order chi connectivity index (χ1) is 6.36. The molecule has 2 heteroatoms. The molecule has 0 unspecified atom stereocenters.